The van der Waals surface area contributed by atoms with Gasteiger partial charge in [-0.25, -0.2) is 9.98 Å². The number of carbonyl (C=O) groups is 1. The minimum atomic E-state index is -0.0829. The summed E-state index contributed by atoms with van der Waals surface area (Å²) in [6, 6.07) is 0.599. The van der Waals surface area contributed by atoms with Crippen LogP contribution in [0.15, 0.2) is 35.0 Å². The molecule has 0 radical (unpaired) electrons. The fraction of sp³-hybridized carbons (Fsp3) is 0.522. The Hall–Kier alpha value is -2.21. The van der Waals surface area contributed by atoms with Crippen molar-refractivity contribution in [1.82, 2.24) is 15.2 Å². The monoisotopic (exact) mass is 410 g/mol. The van der Waals surface area contributed by atoms with Crippen LogP contribution in [0.1, 0.15) is 80.7 Å². The number of hydrogen-bond donors (Lipinski definition) is 1. The van der Waals surface area contributed by atoms with Gasteiger partial charge in [-0.2, -0.15) is 0 Å². The summed E-state index contributed by atoms with van der Waals surface area (Å²) < 4.78 is 0. The molecule has 4 rings (SSSR count). The fourth-order valence-electron chi connectivity index (χ4n) is 4.62. The molecule has 1 aromatic heterocycles. The Balaban J connectivity index is 1.59. The van der Waals surface area contributed by atoms with Crippen molar-refractivity contribution in [3.8, 4) is 0 Å². The quantitative estimate of drug-likeness (QED) is 0.643. The molecule has 1 aromatic rings. The van der Waals surface area contributed by atoms with Crippen LogP contribution in [0.2, 0.25) is 0 Å². The summed E-state index contributed by atoms with van der Waals surface area (Å²) in [5.41, 5.74) is 4.21. The highest BCUT2D eigenvalue weighted by molar-refractivity contribution is 7.17. The highest BCUT2D eigenvalue weighted by Crippen LogP contribution is 2.43. The number of aromatic nitrogens is 1. The van der Waals surface area contributed by atoms with Crippen molar-refractivity contribution in [3.63, 3.8) is 0 Å². The van der Waals surface area contributed by atoms with Crippen LogP contribution in [0.25, 0.3) is 5.70 Å². The number of thiazole rings is 1. The van der Waals surface area contributed by atoms with Gasteiger partial charge in [-0.05, 0) is 51.5 Å². The smallest absolute Gasteiger partial charge is 0.280 e. The maximum absolute atomic E-state index is 12.8. The summed E-state index contributed by atoms with van der Waals surface area (Å²) >= 11 is 1.36. The van der Waals surface area contributed by atoms with Gasteiger partial charge in [-0.1, -0.05) is 49.3 Å². The van der Waals surface area contributed by atoms with Gasteiger partial charge in [0, 0.05) is 24.0 Å². The van der Waals surface area contributed by atoms with Crippen LogP contribution in [-0.2, 0) is 0 Å². The highest BCUT2D eigenvalue weighted by atomic mass is 32.1. The Morgan fingerprint density at radius 2 is 2.07 bits per heavy atom. The van der Waals surface area contributed by atoms with Gasteiger partial charge in [0.1, 0.15) is 10.7 Å². The zero-order valence-corrected chi connectivity index (χ0v) is 18.2. The molecule has 0 aromatic carbocycles. The minimum absolute atomic E-state index is 0.0829. The Labute approximate surface area is 177 Å². The molecule has 2 heterocycles. The molecule has 2 aliphatic carbocycles. The van der Waals surface area contributed by atoms with Gasteiger partial charge in [0.25, 0.3) is 5.91 Å². The predicted octanol–water partition coefficient (Wildman–Crippen LogP) is 5.60. The minimum Gasteiger partial charge on any atom is -0.347 e. The first-order chi connectivity index (χ1) is 14.1. The standard InChI is InChI=1S/C23H30N4OS/c1-4-24-22-20(16(3)27-15(2)14-17-10-8-9-13-19(17)27)26-23(29-22)21(28)25-18-11-6-5-7-12-18/h4,10,13,15,18H,3,5-9,11-12,14H2,1-2H3,(H,25,28)/b24-4-/t15-/m0/s1. The number of carbonyl (C=O) groups excluding carboxylic acids is 1. The summed E-state index contributed by atoms with van der Waals surface area (Å²) in [6.45, 7) is 8.48. The molecule has 2 fully saturated rings. The van der Waals surface area contributed by atoms with E-state index in [1.165, 1.54) is 41.9 Å². The van der Waals surface area contributed by atoms with E-state index < -0.39 is 0 Å². The number of aliphatic imine (C=N–C) groups is 1. The molecule has 1 amide bonds. The largest absolute Gasteiger partial charge is 0.347 e. The maximum atomic E-state index is 12.8. The number of hydrogen-bond acceptors (Lipinski definition) is 5. The van der Waals surface area contributed by atoms with E-state index >= 15 is 0 Å². The SMILES string of the molecule is C=C(c1nc(C(=O)NC2CCCCC2)sc1/N=C\C)N1C2=CCCC=C2C[C@@H]1C. The Kier molecular flexibility index (Phi) is 5.99. The first-order valence-electron chi connectivity index (χ1n) is 10.8. The van der Waals surface area contributed by atoms with Gasteiger partial charge in [-0.15, -0.1) is 0 Å². The van der Waals surface area contributed by atoms with Gasteiger partial charge in [0.05, 0.1) is 5.70 Å². The lowest BCUT2D eigenvalue weighted by atomic mass is 9.95. The third-order valence-electron chi connectivity index (χ3n) is 5.99. The van der Waals surface area contributed by atoms with Gasteiger partial charge in [0.2, 0.25) is 0 Å². The molecular formula is C23H30N4OS. The molecule has 0 spiro atoms. The third-order valence-corrected chi connectivity index (χ3v) is 6.96. The van der Waals surface area contributed by atoms with E-state index in [-0.39, 0.29) is 11.9 Å². The molecule has 1 atom stereocenters. The van der Waals surface area contributed by atoms with Gasteiger partial charge >= 0.3 is 0 Å². The van der Waals surface area contributed by atoms with E-state index in [2.05, 4.69) is 40.9 Å². The van der Waals surface area contributed by atoms with Gasteiger partial charge < -0.3 is 10.2 Å². The van der Waals surface area contributed by atoms with E-state index in [9.17, 15) is 4.79 Å². The number of fused-ring (bicyclic) bond motifs is 1. The van der Waals surface area contributed by atoms with Crippen LogP contribution in [0, 0.1) is 0 Å². The van der Waals surface area contributed by atoms with Crippen LogP contribution in [0.4, 0.5) is 5.00 Å². The lowest BCUT2D eigenvalue weighted by Crippen LogP contribution is -2.36. The maximum Gasteiger partial charge on any atom is 0.280 e. The fourth-order valence-corrected chi connectivity index (χ4v) is 5.51. The number of nitrogens with zero attached hydrogens (tertiary/aromatic N) is 3. The Morgan fingerprint density at radius 1 is 1.31 bits per heavy atom. The number of allylic oxidation sites excluding steroid dienone is 3. The molecule has 29 heavy (non-hydrogen) atoms. The normalized spacial score (nSPS) is 22.4. The Bertz CT molecular complexity index is 889. The summed E-state index contributed by atoms with van der Waals surface area (Å²) in [6.07, 6.45) is 15.4. The van der Waals surface area contributed by atoms with Crippen molar-refractivity contribution in [1.29, 1.82) is 0 Å². The number of rotatable bonds is 5. The molecule has 1 saturated carbocycles. The molecule has 1 aliphatic heterocycles. The van der Waals surface area contributed by atoms with Gasteiger partial charge in [-0.3, -0.25) is 4.79 Å². The van der Waals surface area contributed by atoms with Crippen LogP contribution in [0.5, 0.6) is 0 Å². The van der Waals surface area contributed by atoms with E-state index in [1.54, 1.807) is 6.21 Å². The van der Waals surface area contributed by atoms with Crippen molar-refractivity contribution in [2.45, 2.75) is 77.3 Å². The van der Waals surface area contributed by atoms with E-state index in [0.29, 0.717) is 11.0 Å². The van der Waals surface area contributed by atoms with Crippen molar-refractivity contribution in [3.05, 3.63) is 40.7 Å². The van der Waals surface area contributed by atoms with Crippen molar-refractivity contribution < 1.29 is 4.79 Å². The molecule has 0 unspecified atom stereocenters. The molecule has 6 heteroatoms. The van der Waals surface area contributed by atoms with Crippen LogP contribution in [0.3, 0.4) is 0 Å². The van der Waals surface area contributed by atoms with Crippen LogP contribution in [-0.4, -0.2) is 34.1 Å². The first kappa shape index (κ1) is 20.1. The lowest BCUT2D eigenvalue weighted by Gasteiger charge is -2.27. The second kappa shape index (κ2) is 8.66. The topological polar surface area (TPSA) is 57.6 Å². The van der Waals surface area contributed by atoms with E-state index in [1.807, 2.05) is 6.92 Å². The second-order valence-electron chi connectivity index (χ2n) is 8.13. The molecule has 154 valence electrons. The summed E-state index contributed by atoms with van der Waals surface area (Å²) in [7, 11) is 0. The van der Waals surface area contributed by atoms with Crippen molar-refractivity contribution in [2.75, 3.05) is 0 Å². The lowest BCUT2D eigenvalue weighted by molar-refractivity contribution is 0.0927. The Morgan fingerprint density at radius 3 is 2.83 bits per heavy atom. The van der Waals surface area contributed by atoms with E-state index in [4.69, 9.17) is 4.98 Å². The van der Waals surface area contributed by atoms with Crippen molar-refractivity contribution in [2.24, 2.45) is 4.99 Å². The zero-order chi connectivity index (χ0) is 20.4. The first-order valence-corrected chi connectivity index (χ1v) is 11.6. The molecule has 1 N–H and O–H groups in total. The second-order valence-corrected chi connectivity index (χ2v) is 9.11. The summed E-state index contributed by atoms with van der Waals surface area (Å²) in [5.74, 6) is -0.0829. The molecule has 5 nitrogen and oxygen atoms in total. The van der Waals surface area contributed by atoms with Crippen molar-refractivity contribution >= 4 is 34.2 Å². The number of likely N-dealkylation sites (tertiary alicyclic amines) is 1. The zero-order valence-electron chi connectivity index (χ0n) is 17.4. The molecule has 1 saturated heterocycles. The van der Waals surface area contributed by atoms with E-state index in [0.717, 1.165) is 48.5 Å². The number of amides is 1. The number of nitrogens with one attached hydrogen (secondary N) is 1. The molecule has 3 aliphatic rings. The average Bonchev–Trinajstić information content (AvgIpc) is 3.29. The van der Waals surface area contributed by atoms with Crippen LogP contribution >= 0.6 is 11.3 Å². The van der Waals surface area contributed by atoms with Crippen LogP contribution < -0.4 is 5.32 Å². The highest BCUT2D eigenvalue weighted by Gasteiger charge is 2.34. The molecule has 0 bridgehead atoms. The summed E-state index contributed by atoms with van der Waals surface area (Å²) in [5, 5.41) is 4.41. The average molecular weight is 411 g/mol. The predicted molar refractivity (Wildman–Crippen MR) is 121 cm³/mol. The summed E-state index contributed by atoms with van der Waals surface area (Å²) in [4.78, 5) is 24.3. The molecular weight excluding hydrogens is 380 g/mol. The van der Waals surface area contributed by atoms with Gasteiger partial charge in [0.15, 0.2) is 5.01 Å². The third kappa shape index (κ3) is 4.08.